The van der Waals surface area contributed by atoms with Gasteiger partial charge in [-0.15, -0.1) is 4.52 Å². The minimum atomic E-state index is -1.75. The number of alkyl carbamates (subject to hydrolysis) is 1. The summed E-state index contributed by atoms with van der Waals surface area (Å²) in [4.78, 5) is 25.3. The Labute approximate surface area is 206 Å². The molecule has 0 saturated heterocycles. The van der Waals surface area contributed by atoms with Gasteiger partial charge >= 0.3 is 20.1 Å². The van der Waals surface area contributed by atoms with Crippen molar-refractivity contribution in [1.29, 1.82) is 0 Å². The molecule has 0 aliphatic heterocycles. The van der Waals surface area contributed by atoms with Crippen LogP contribution in [0.25, 0.3) is 0 Å². The van der Waals surface area contributed by atoms with Crippen molar-refractivity contribution in [2.24, 2.45) is 0 Å². The quantitative estimate of drug-likeness (QED) is 0.262. The van der Waals surface area contributed by atoms with E-state index in [0.717, 1.165) is 22.3 Å². The number of esters is 1. The van der Waals surface area contributed by atoms with Gasteiger partial charge in [0, 0.05) is 12.0 Å². The molecule has 3 aromatic rings. The van der Waals surface area contributed by atoms with Crippen LogP contribution in [0.5, 0.6) is 0 Å². The summed E-state index contributed by atoms with van der Waals surface area (Å²) >= 11 is 0. The van der Waals surface area contributed by atoms with Crippen LogP contribution in [-0.2, 0) is 49.2 Å². The molecular formula is C27H29NO6P+. The van der Waals surface area contributed by atoms with Gasteiger partial charge in [-0.25, -0.2) is 9.59 Å². The lowest BCUT2D eigenvalue weighted by Crippen LogP contribution is -2.43. The highest BCUT2D eigenvalue weighted by Crippen LogP contribution is 2.27. The van der Waals surface area contributed by atoms with Gasteiger partial charge in [-0.05, 0) is 28.2 Å². The Hall–Kier alpha value is -3.54. The molecule has 0 aliphatic carbocycles. The lowest BCUT2D eigenvalue weighted by atomic mass is 10.0. The zero-order valence-electron chi connectivity index (χ0n) is 19.6. The minimum absolute atomic E-state index is 0.0885. The molecule has 0 aromatic heterocycles. The summed E-state index contributed by atoms with van der Waals surface area (Å²) in [6, 6.07) is 25.0. The molecule has 35 heavy (non-hydrogen) atoms. The monoisotopic (exact) mass is 494 g/mol. The molecule has 0 bridgehead atoms. The molecule has 3 rings (SSSR count). The summed E-state index contributed by atoms with van der Waals surface area (Å²) in [5, 5.41) is 2.63. The van der Waals surface area contributed by atoms with Gasteiger partial charge in [-0.3, -0.25) is 0 Å². The number of hydrogen-bond acceptors (Lipinski definition) is 6. The zero-order chi connectivity index (χ0) is 24.9. The van der Waals surface area contributed by atoms with Crippen molar-refractivity contribution in [2.75, 3.05) is 6.61 Å². The lowest BCUT2D eigenvalue weighted by molar-refractivity contribution is -0.147. The molecule has 0 radical (unpaired) electrons. The molecule has 2 atom stereocenters. The molecule has 8 heteroatoms. The van der Waals surface area contributed by atoms with Crippen LogP contribution in [0.2, 0.25) is 0 Å². The molecule has 0 spiro atoms. The first-order chi connectivity index (χ1) is 17.0. The smallest absolute Gasteiger partial charge is 0.459 e. The van der Waals surface area contributed by atoms with Crippen molar-refractivity contribution < 1.29 is 28.2 Å². The third-order valence-corrected chi connectivity index (χ3v) is 6.23. The average molecular weight is 495 g/mol. The topological polar surface area (TPSA) is 90.9 Å². The Balaban J connectivity index is 1.63. The second-order valence-electron chi connectivity index (χ2n) is 7.78. The maximum Gasteiger partial charge on any atom is 0.512 e. The van der Waals surface area contributed by atoms with Crippen molar-refractivity contribution in [2.45, 2.75) is 38.8 Å². The fraction of sp³-hybridized carbons (Fsp3) is 0.259. The normalized spacial score (nSPS) is 11.9. The van der Waals surface area contributed by atoms with Crippen molar-refractivity contribution in [3.8, 4) is 0 Å². The Bertz CT molecular complexity index is 1090. The second-order valence-corrected chi connectivity index (χ2v) is 9.02. The van der Waals surface area contributed by atoms with Gasteiger partial charge in [-0.1, -0.05) is 84.9 Å². The molecule has 1 N–H and O–H groups in total. The van der Waals surface area contributed by atoms with E-state index in [4.69, 9.17) is 14.0 Å². The number of rotatable bonds is 12. The first kappa shape index (κ1) is 26.1. The van der Waals surface area contributed by atoms with Crippen LogP contribution in [0, 0.1) is 0 Å². The maximum absolute atomic E-state index is 12.9. The van der Waals surface area contributed by atoms with Crippen LogP contribution in [0.4, 0.5) is 4.79 Å². The van der Waals surface area contributed by atoms with Crippen LogP contribution < -0.4 is 5.32 Å². The van der Waals surface area contributed by atoms with Crippen LogP contribution in [-0.4, -0.2) is 24.7 Å². The van der Waals surface area contributed by atoms with E-state index in [1.807, 2.05) is 84.9 Å². The SMILES string of the molecule is CCO[P+](=O)Cc1ccc(C[C@H](NC(=O)OCc2ccccc2)C(=O)OCc2ccccc2)cc1. The van der Waals surface area contributed by atoms with E-state index < -0.39 is 26.1 Å². The van der Waals surface area contributed by atoms with Gasteiger partial charge in [0.25, 0.3) is 0 Å². The van der Waals surface area contributed by atoms with E-state index in [9.17, 15) is 14.2 Å². The highest BCUT2D eigenvalue weighted by Gasteiger charge is 2.24. The van der Waals surface area contributed by atoms with Crippen LogP contribution in [0.3, 0.4) is 0 Å². The lowest BCUT2D eigenvalue weighted by Gasteiger charge is -2.18. The first-order valence-corrected chi connectivity index (χ1v) is 12.7. The van der Waals surface area contributed by atoms with Crippen LogP contribution >= 0.6 is 8.03 Å². The molecule has 0 fully saturated rings. The molecule has 1 amide bonds. The number of ether oxygens (including phenoxy) is 2. The van der Waals surface area contributed by atoms with Gasteiger partial charge in [0.1, 0.15) is 19.3 Å². The zero-order valence-corrected chi connectivity index (χ0v) is 20.5. The molecule has 1 unspecified atom stereocenters. The van der Waals surface area contributed by atoms with E-state index in [0.29, 0.717) is 12.8 Å². The number of amides is 1. The van der Waals surface area contributed by atoms with Crippen LogP contribution in [0.1, 0.15) is 29.2 Å². The third-order valence-electron chi connectivity index (χ3n) is 5.06. The van der Waals surface area contributed by atoms with Crippen molar-refractivity contribution in [3.63, 3.8) is 0 Å². The summed E-state index contributed by atoms with van der Waals surface area (Å²) in [6.45, 7) is 2.38. The van der Waals surface area contributed by atoms with E-state index in [2.05, 4.69) is 5.32 Å². The predicted molar refractivity (Wildman–Crippen MR) is 133 cm³/mol. The summed E-state index contributed by atoms with van der Waals surface area (Å²) in [5.41, 5.74) is 3.36. The van der Waals surface area contributed by atoms with E-state index >= 15 is 0 Å². The maximum atomic E-state index is 12.9. The van der Waals surface area contributed by atoms with Gasteiger partial charge in [0.2, 0.25) is 6.16 Å². The summed E-state index contributed by atoms with van der Waals surface area (Å²) < 4.78 is 27.7. The highest BCUT2D eigenvalue weighted by atomic mass is 31.1. The number of carbonyl (C=O) groups is 2. The molecule has 0 saturated carbocycles. The first-order valence-electron chi connectivity index (χ1n) is 11.4. The fourth-order valence-electron chi connectivity index (χ4n) is 3.28. The molecule has 0 aliphatic rings. The summed E-state index contributed by atoms with van der Waals surface area (Å²) in [6.07, 6.45) is -0.178. The standard InChI is InChI=1S/C27H28NO6P/c1-2-34-35(31)20-24-15-13-21(14-16-24)17-25(26(29)32-18-22-9-5-3-6-10-22)28-27(30)33-19-23-11-7-4-8-12-23/h3-16,25H,2,17-20H2,1H3/p+1/t25-/m0/s1. The number of nitrogens with one attached hydrogen (secondary N) is 1. The third kappa shape index (κ3) is 9.32. The molecule has 182 valence electrons. The van der Waals surface area contributed by atoms with Crippen molar-refractivity contribution in [1.82, 2.24) is 5.32 Å². The van der Waals surface area contributed by atoms with Gasteiger partial charge in [-0.2, -0.15) is 0 Å². The average Bonchev–Trinajstić information content (AvgIpc) is 2.88. The Morgan fingerprint density at radius 1 is 0.771 bits per heavy atom. The van der Waals surface area contributed by atoms with Crippen LogP contribution in [0.15, 0.2) is 84.9 Å². The summed E-state index contributed by atoms with van der Waals surface area (Å²) in [7, 11) is -1.75. The highest BCUT2D eigenvalue weighted by molar-refractivity contribution is 7.38. The second kappa shape index (κ2) is 14.0. The Morgan fingerprint density at radius 2 is 1.31 bits per heavy atom. The minimum Gasteiger partial charge on any atom is -0.459 e. The molecule has 7 nitrogen and oxygen atoms in total. The van der Waals surface area contributed by atoms with Crippen molar-refractivity contribution >= 4 is 20.1 Å². The van der Waals surface area contributed by atoms with Gasteiger partial charge in [0.05, 0.1) is 6.61 Å². The van der Waals surface area contributed by atoms with Gasteiger partial charge < -0.3 is 14.8 Å². The number of hydrogen-bond donors (Lipinski definition) is 1. The largest absolute Gasteiger partial charge is 0.512 e. The van der Waals surface area contributed by atoms with Gasteiger partial charge in [0.15, 0.2) is 0 Å². The Morgan fingerprint density at radius 3 is 1.89 bits per heavy atom. The van der Waals surface area contributed by atoms with Crippen molar-refractivity contribution in [3.05, 3.63) is 107 Å². The fourth-order valence-corrected chi connectivity index (χ4v) is 4.17. The number of carbonyl (C=O) groups excluding carboxylic acids is 2. The van der Waals surface area contributed by atoms with E-state index in [-0.39, 0.29) is 19.6 Å². The number of benzene rings is 3. The summed E-state index contributed by atoms with van der Waals surface area (Å²) in [5.74, 6) is -0.561. The Kier molecular flexibility index (Phi) is 10.4. The molecule has 3 aromatic carbocycles. The van der Waals surface area contributed by atoms with E-state index in [1.54, 1.807) is 6.92 Å². The molecule has 0 heterocycles. The van der Waals surface area contributed by atoms with E-state index in [1.165, 1.54) is 0 Å². The predicted octanol–water partition coefficient (Wildman–Crippen LogP) is 5.55. The molecular weight excluding hydrogens is 465 g/mol.